The fourth-order valence-corrected chi connectivity index (χ4v) is 0.778. The van der Waals surface area contributed by atoms with Crippen LogP contribution in [-0.4, -0.2) is 77.0 Å². The van der Waals surface area contributed by atoms with Crippen molar-refractivity contribution >= 4 is 66.8 Å². The van der Waals surface area contributed by atoms with Crippen molar-refractivity contribution in [3.63, 3.8) is 0 Å². The van der Waals surface area contributed by atoms with E-state index in [1.54, 1.807) is 30.3 Å². The Bertz CT molecular complexity index is 266. The van der Waals surface area contributed by atoms with Gasteiger partial charge < -0.3 is 15.9 Å². The van der Waals surface area contributed by atoms with Gasteiger partial charge in [0.15, 0.2) is 6.10 Å². The van der Waals surface area contributed by atoms with Gasteiger partial charge in [0.25, 0.3) is 0 Å². The molecule has 1 unspecified atom stereocenters. The van der Waals surface area contributed by atoms with E-state index in [1.807, 2.05) is 0 Å². The van der Waals surface area contributed by atoms with Gasteiger partial charge >= 0.3 is 66.8 Å². The van der Waals surface area contributed by atoms with Crippen molar-refractivity contribution in [3.05, 3.63) is 35.9 Å². The second-order valence-electron chi connectivity index (χ2n) is 2.15. The Balaban J connectivity index is -0.0000000504. The Kier molecular flexibility index (Phi) is 9.95. The van der Waals surface area contributed by atoms with E-state index in [4.69, 9.17) is 10.2 Å². The summed E-state index contributed by atoms with van der Waals surface area (Å²) >= 11 is 0. The van der Waals surface area contributed by atoms with Crippen LogP contribution >= 0.6 is 0 Å². The van der Waals surface area contributed by atoms with Crippen molar-refractivity contribution in [3.8, 4) is 0 Å². The SMILES string of the molecule is O=C(O)C(O)c1ccccc1.[Ca+2].[H-].[H-].[H-].[H-].[Mg+2]. The quantitative estimate of drug-likeness (QED) is 0.714. The molecule has 2 N–H and O–H groups in total. The molecule has 0 aliphatic heterocycles. The van der Waals surface area contributed by atoms with Gasteiger partial charge in [-0.15, -0.1) is 0 Å². The van der Waals surface area contributed by atoms with Crippen LogP contribution in [0, 0.1) is 0 Å². The van der Waals surface area contributed by atoms with Crippen LogP contribution in [0.5, 0.6) is 0 Å². The first-order valence-corrected chi connectivity index (χ1v) is 3.17. The molecule has 5 heteroatoms. The van der Waals surface area contributed by atoms with Crippen molar-refractivity contribution in [2.75, 3.05) is 0 Å². The van der Waals surface area contributed by atoms with Crippen molar-refractivity contribution in [2.45, 2.75) is 6.10 Å². The first-order valence-electron chi connectivity index (χ1n) is 3.17. The molecular formula is C8H12CaMgO3. The molecule has 0 spiro atoms. The Labute approximate surface area is 128 Å². The fourth-order valence-electron chi connectivity index (χ4n) is 0.778. The van der Waals surface area contributed by atoms with Gasteiger partial charge in [-0.1, -0.05) is 30.3 Å². The summed E-state index contributed by atoms with van der Waals surface area (Å²) in [5, 5.41) is 17.4. The number of aliphatic hydroxyl groups is 1. The molecule has 13 heavy (non-hydrogen) atoms. The summed E-state index contributed by atoms with van der Waals surface area (Å²) < 4.78 is 0. The minimum Gasteiger partial charge on any atom is -1.00 e. The van der Waals surface area contributed by atoms with E-state index < -0.39 is 12.1 Å². The van der Waals surface area contributed by atoms with Gasteiger partial charge in [0.1, 0.15) is 0 Å². The van der Waals surface area contributed by atoms with E-state index in [1.165, 1.54) is 0 Å². The Morgan fingerprint density at radius 2 is 1.77 bits per heavy atom. The van der Waals surface area contributed by atoms with Crippen LogP contribution in [0.15, 0.2) is 30.3 Å². The minimum atomic E-state index is -1.41. The Hall–Kier alpha value is 0.676. The summed E-state index contributed by atoms with van der Waals surface area (Å²) in [6.45, 7) is 0. The molecule has 3 nitrogen and oxygen atoms in total. The summed E-state index contributed by atoms with van der Waals surface area (Å²) in [6.07, 6.45) is -1.41. The van der Waals surface area contributed by atoms with Gasteiger partial charge in [-0.05, 0) is 5.56 Å². The number of carboxylic acids is 1. The molecule has 0 radical (unpaired) electrons. The van der Waals surface area contributed by atoms with Crippen molar-refractivity contribution in [1.82, 2.24) is 0 Å². The average Bonchev–Trinajstić information content (AvgIpc) is 2.05. The largest absolute Gasteiger partial charge is 2.00 e. The first-order chi connectivity index (χ1) is 5.22. The summed E-state index contributed by atoms with van der Waals surface area (Å²) in [4.78, 5) is 10.2. The standard InChI is InChI=1S/C8H8O3.Ca.Mg.4H/c9-7(8(10)11)6-4-2-1-3-5-6;;;;;;/h1-5,7,9H,(H,10,11);;;;;;/q;2*+2;4*-1. The maximum Gasteiger partial charge on any atom is 2.00 e. The predicted molar refractivity (Wildman–Crippen MR) is 55.0 cm³/mol. The van der Waals surface area contributed by atoms with Crippen LogP contribution in [-0.2, 0) is 4.79 Å². The molecule has 0 saturated carbocycles. The summed E-state index contributed by atoms with van der Waals surface area (Å²) in [5.41, 5.74) is 0.403. The molecule has 0 bridgehead atoms. The number of carbonyl (C=O) groups is 1. The number of hydrogen-bond acceptors (Lipinski definition) is 2. The summed E-state index contributed by atoms with van der Waals surface area (Å²) in [5.74, 6) is -1.23. The Morgan fingerprint density at radius 3 is 2.15 bits per heavy atom. The molecule has 0 fully saturated rings. The molecule has 0 aromatic heterocycles. The van der Waals surface area contributed by atoms with Crippen molar-refractivity contribution in [2.24, 2.45) is 0 Å². The van der Waals surface area contributed by atoms with Crippen molar-refractivity contribution < 1.29 is 20.7 Å². The molecule has 1 atom stereocenters. The van der Waals surface area contributed by atoms with Crippen LogP contribution in [0.1, 0.15) is 17.4 Å². The number of aliphatic carboxylic acids is 1. The van der Waals surface area contributed by atoms with E-state index >= 15 is 0 Å². The van der Waals surface area contributed by atoms with Gasteiger partial charge in [-0.25, -0.2) is 4.79 Å². The molecule has 1 aromatic carbocycles. The van der Waals surface area contributed by atoms with E-state index in [0.717, 1.165) is 0 Å². The molecule has 0 aliphatic carbocycles. The van der Waals surface area contributed by atoms with Crippen LogP contribution in [0.4, 0.5) is 0 Å². The third kappa shape index (κ3) is 5.20. The second-order valence-corrected chi connectivity index (χ2v) is 2.15. The molecule has 1 aromatic rings. The molecule has 0 saturated heterocycles. The number of benzene rings is 1. The zero-order valence-electron chi connectivity index (χ0n) is 11.2. The second kappa shape index (κ2) is 8.02. The topological polar surface area (TPSA) is 57.5 Å². The van der Waals surface area contributed by atoms with Crippen LogP contribution < -0.4 is 0 Å². The van der Waals surface area contributed by atoms with E-state index in [2.05, 4.69) is 0 Å². The Morgan fingerprint density at radius 1 is 1.31 bits per heavy atom. The van der Waals surface area contributed by atoms with Gasteiger partial charge in [0, 0.05) is 0 Å². The van der Waals surface area contributed by atoms with E-state index in [0.29, 0.717) is 5.56 Å². The van der Waals surface area contributed by atoms with Crippen molar-refractivity contribution in [1.29, 1.82) is 0 Å². The van der Waals surface area contributed by atoms with Gasteiger partial charge in [0.05, 0.1) is 0 Å². The van der Waals surface area contributed by atoms with Gasteiger partial charge in [0.2, 0.25) is 0 Å². The summed E-state index contributed by atoms with van der Waals surface area (Å²) in [7, 11) is 0. The zero-order valence-corrected chi connectivity index (χ0v) is 10.8. The smallest absolute Gasteiger partial charge is 1.00 e. The predicted octanol–water partition coefficient (Wildman–Crippen LogP) is 0.493. The molecular weight excluding hydrogens is 208 g/mol. The van der Waals surface area contributed by atoms with E-state index in [-0.39, 0.29) is 66.5 Å². The maximum absolute atomic E-state index is 10.2. The van der Waals surface area contributed by atoms with Gasteiger partial charge in [-0.2, -0.15) is 0 Å². The third-order valence-corrected chi connectivity index (χ3v) is 1.35. The fraction of sp³-hybridized carbons (Fsp3) is 0.125. The third-order valence-electron chi connectivity index (χ3n) is 1.35. The molecule has 0 heterocycles. The molecule has 66 valence electrons. The molecule has 1 rings (SSSR count). The monoisotopic (exact) mass is 220 g/mol. The zero-order chi connectivity index (χ0) is 8.27. The van der Waals surface area contributed by atoms with E-state index in [9.17, 15) is 4.79 Å². The molecule has 0 aliphatic rings. The van der Waals surface area contributed by atoms with Crippen LogP contribution in [0.2, 0.25) is 0 Å². The first kappa shape index (κ1) is 16.1. The van der Waals surface area contributed by atoms with Gasteiger partial charge in [-0.3, -0.25) is 0 Å². The van der Waals surface area contributed by atoms with Crippen LogP contribution in [0.3, 0.4) is 0 Å². The average molecular weight is 221 g/mol. The van der Waals surface area contributed by atoms with Crippen LogP contribution in [0.25, 0.3) is 0 Å². The summed E-state index contributed by atoms with van der Waals surface area (Å²) in [6, 6.07) is 8.26. The maximum atomic E-state index is 10.2. The molecule has 0 amide bonds. The number of carboxylic acid groups (broad SMARTS) is 1. The normalized spacial score (nSPS) is 10.5. The number of hydrogen-bond donors (Lipinski definition) is 2. The number of aliphatic hydroxyl groups excluding tert-OH is 1. The minimum absolute atomic E-state index is 0. The number of rotatable bonds is 2.